The Labute approximate surface area is 600 Å². The molecule has 2 aromatic carbocycles. The van der Waals surface area contributed by atoms with Crippen LogP contribution >= 0.6 is 7.14 Å². The van der Waals surface area contributed by atoms with Gasteiger partial charge in [0.1, 0.15) is 12.9 Å². The largest absolute Gasteiger partial charge is 0.414 e. The maximum absolute atomic E-state index is 14.6. The van der Waals surface area contributed by atoms with Gasteiger partial charge in [-0.2, -0.15) is 0 Å². The average molecular weight is 1420 g/mol. The number of aliphatic hydroxyl groups is 3. The lowest BCUT2D eigenvalue weighted by atomic mass is 9.61. The van der Waals surface area contributed by atoms with E-state index >= 15 is 0 Å². The second-order valence-corrected chi connectivity index (χ2v) is 54.6. The molecule has 7 fully saturated rings. The van der Waals surface area contributed by atoms with Gasteiger partial charge >= 0.3 is 0 Å². The number of rotatable bonds is 21. The van der Waals surface area contributed by atoms with Crippen molar-refractivity contribution in [2.75, 3.05) is 19.4 Å². The van der Waals surface area contributed by atoms with Crippen molar-refractivity contribution in [1.82, 2.24) is 0 Å². The van der Waals surface area contributed by atoms with Crippen molar-refractivity contribution in [1.29, 1.82) is 0 Å². The molecule has 9 aliphatic rings. The van der Waals surface area contributed by atoms with Crippen LogP contribution in [0.3, 0.4) is 0 Å². The highest BCUT2D eigenvalue weighted by atomic mass is 31.2. The van der Waals surface area contributed by atoms with Crippen molar-refractivity contribution in [2.24, 2.45) is 33.5 Å². The molecule has 8 aliphatic carbocycles. The van der Waals surface area contributed by atoms with Crippen molar-refractivity contribution in [3.8, 4) is 0 Å². The van der Waals surface area contributed by atoms with E-state index in [4.69, 9.17) is 18.0 Å². The summed E-state index contributed by atoms with van der Waals surface area (Å²) in [6.07, 6.45) is 40.4. The first-order valence-corrected chi connectivity index (χ1v) is 50.1. The van der Waals surface area contributed by atoms with Crippen molar-refractivity contribution in [3.05, 3.63) is 119 Å². The lowest BCUT2D eigenvalue weighted by Crippen LogP contribution is -2.48. The van der Waals surface area contributed by atoms with Crippen LogP contribution in [-0.2, 0) is 27.4 Å². The van der Waals surface area contributed by atoms with Crippen molar-refractivity contribution >= 4 is 48.5 Å². The summed E-state index contributed by atoms with van der Waals surface area (Å²) in [7, 11) is -8.17. The second-order valence-electron chi connectivity index (χ2n) is 37.8. The Morgan fingerprint density at radius 2 is 1.04 bits per heavy atom. The van der Waals surface area contributed by atoms with Crippen molar-refractivity contribution in [3.63, 3.8) is 0 Å². The maximum Gasteiger partial charge on any atom is 0.192 e. The third-order valence-electron chi connectivity index (χ3n) is 25.2. The zero-order valence-electron chi connectivity index (χ0n) is 65.4. The molecule has 98 heavy (non-hydrogen) atoms. The number of ketones is 1. The van der Waals surface area contributed by atoms with Gasteiger partial charge in [0.05, 0.1) is 35.6 Å². The molecule has 8 atom stereocenters. The Balaban J connectivity index is 0.000000184. The molecular weight excluding hydrogens is 1280 g/mol. The number of hydrogen-bond acceptors (Lipinski definition) is 9. The normalized spacial score (nSPS) is 29.3. The van der Waals surface area contributed by atoms with Gasteiger partial charge in [0.15, 0.2) is 25.0 Å². The third-order valence-corrected chi connectivity index (χ3v) is 38.4. The van der Waals surface area contributed by atoms with Gasteiger partial charge in [-0.1, -0.05) is 174 Å². The molecular formula is C85H139O9PSi3. The van der Waals surface area contributed by atoms with E-state index in [2.05, 4.69) is 145 Å². The summed E-state index contributed by atoms with van der Waals surface area (Å²) in [4.78, 5) is 12.4. The van der Waals surface area contributed by atoms with Crippen LogP contribution < -0.4 is 10.6 Å². The van der Waals surface area contributed by atoms with Gasteiger partial charge in [-0.3, -0.25) is 4.79 Å². The van der Waals surface area contributed by atoms with Crippen LogP contribution in [0.2, 0.25) is 55.9 Å². The molecule has 13 heteroatoms. The highest BCUT2D eigenvalue weighted by molar-refractivity contribution is 7.78. The van der Waals surface area contributed by atoms with Crippen LogP contribution in [-0.4, -0.2) is 101 Å². The quantitative estimate of drug-likeness (QED) is 0.0635. The van der Waals surface area contributed by atoms with Gasteiger partial charge in [-0.15, -0.1) is 0 Å². The molecule has 1 aliphatic heterocycles. The second kappa shape index (κ2) is 32.4. The average Bonchev–Trinajstić information content (AvgIpc) is 1.57. The van der Waals surface area contributed by atoms with Crippen LogP contribution in [0.15, 0.2) is 119 Å². The molecule has 6 saturated carbocycles. The lowest BCUT2D eigenvalue weighted by molar-refractivity contribution is -0.128. The first kappa shape index (κ1) is 81.1. The fourth-order valence-corrected chi connectivity index (χ4v) is 24.9. The van der Waals surface area contributed by atoms with Crippen molar-refractivity contribution < 1.29 is 42.7 Å². The molecule has 0 amide bonds. The number of aliphatic hydroxyl groups excluding tert-OH is 2. The van der Waals surface area contributed by atoms with Gasteiger partial charge < -0.3 is 37.9 Å². The maximum atomic E-state index is 14.6. The molecule has 0 bridgehead atoms. The number of ether oxygens (including phenoxy) is 1. The summed E-state index contributed by atoms with van der Waals surface area (Å²) < 4.78 is 39.9. The summed E-state index contributed by atoms with van der Waals surface area (Å²) in [5.74, 6) is 1.43. The standard InChI is InChI=1S/C32H51O3PSi2.C27H42O3.C22H38O2Si.C4H8O/c1-31(2,3)37(7,8)34-27-23-26(24-28(25-27)35-38(9,10)32(4,5)6)21-22-36(33,29-17-13-11-14-18-29)30-19-15-12-16-20-30;1-25(2,30)11-5-13-27(14-15-27)24-10-9-23-20(6-4-12-26(23,24)3)8-7-19-16-21(28)18-22(29)17-19;1-20(2,24-25(4,5)6)12-8-14-22(15-16-22)19-11-10-17-18(23)9-7-13-21(17,19)3;1-2-4-5-3-1/h11-21,27-28H,22-25H2,1-10H3;7-8,10,21-23,28-30H,4-6,9,11-18H2,1-3H3;11,17H,7-10,12-16H2,1-6H3;1-4H2/b;19-7?,20-8+;;/t27-,28?;21-,22?,23?,26+;17?,21-;/m110./s1. The van der Waals surface area contributed by atoms with E-state index in [1.807, 2.05) is 74.5 Å². The number of allylic oxidation sites excluding steroid dienone is 8. The Morgan fingerprint density at radius 1 is 0.582 bits per heavy atom. The fraction of sp³-hybridized carbons (Fsp3) is 0.729. The molecule has 9 nitrogen and oxygen atoms in total. The van der Waals surface area contributed by atoms with Gasteiger partial charge in [0, 0.05) is 42.3 Å². The number of carbonyl (C=O) groups excluding carboxylic acids is 1. The Kier molecular flexibility index (Phi) is 26.8. The summed E-state index contributed by atoms with van der Waals surface area (Å²) >= 11 is 0. The molecule has 550 valence electrons. The van der Waals surface area contributed by atoms with Crippen molar-refractivity contribution in [2.45, 2.75) is 342 Å². The predicted octanol–water partition coefficient (Wildman–Crippen LogP) is 21.6. The highest BCUT2D eigenvalue weighted by Crippen LogP contribution is 2.69. The van der Waals surface area contributed by atoms with Gasteiger partial charge in [-0.25, -0.2) is 0 Å². The van der Waals surface area contributed by atoms with E-state index in [0.717, 1.165) is 81.6 Å². The molecule has 1 saturated heterocycles. The Hall–Kier alpha value is -2.59. The summed E-state index contributed by atoms with van der Waals surface area (Å²) in [6.45, 7) is 45.3. The van der Waals surface area contributed by atoms with Gasteiger partial charge in [0.25, 0.3) is 0 Å². The zero-order chi connectivity index (χ0) is 72.0. The first-order valence-electron chi connectivity index (χ1n) is 39.0. The SMILES string of the molecule is C1CCOC1.CC(C)(C)[Si](C)(C)OC1CC(=CCP(=O)(c2ccccc2)c2ccccc2)C[C@@H](O[Si](C)(C)C(C)(C)C)C1.CC(C)(CCCC1(C2=CCC3C(=O)CCC[C@]23C)CC1)O[Si](C)(C)C.CC(C)(O)CCCC1(C2=CCC3/C(=C/C=C4CC(O)C[C@H](O)C4)CCC[C@]23C)CC1. The number of hydrogen-bond donors (Lipinski definition) is 3. The molecule has 4 unspecified atom stereocenters. The minimum absolute atomic E-state index is 0.00213. The monoisotopic (exact) mass is 1420 g/mol. The number of Topliss-reactive ketones (excluding diaryl/α,β-unsaturated/α-hetero) is 1. The number of benzene rings is 2. The van der Waals surface area contributed by atoms with Gasteiger partial charge in [-0.05, 0) is 272 Å². The van der Waals surface area contributed by atoms with E-state index in [0.29, 0.717) is 59.3 Å². The fourth-order valence-electron chi connectivity index (χ4n) is 17.8. The van der Waals surface area contributed by atoms with Crippen LogP contribution in [0.4, 0.5) is 0 Å². The van der Waals surface area contributed by atoms with E-state index < -0.39 is 49.9 Å². The molecule has 2 aromatic rings. The molecule has 0 aromatic heterocycles. The van der Waals surface area contributed by atoms with Crippen LogP contribution in [0.25, 0.3) is 0 Å². The van der Waals surface area contributed by atoms with E-state index in [9.17, 15) is 24.7 Å². The smallest absolute Gasteiger partial charge is 0.192 e. The van der Waals surface area contributed by atoms with Crippen LogP contribution in [0.1, 0.15) is 250 Å². The zero-order valence-corrected chi connectivity index (χ0v) is 69.3. The van der Waals surface area contributed by atoms with E-state index in [1.165, 1.54) is 101 Å². The topological polar surface area (TPSA) is 132 Å². The highest BCUT2D eigenvalue weighted by Gasteiger charge is 2.59. The number of carbonyl (C=O) groups is 1. The predicted molar refractivity (Wildman–Crippen MR) is 420 cm³/mol. The Morgan fingerprint density at radius 3 is 1.48 bits per heavy atom. The minimum Gasteiger partial charge on any atom is -0.414 e. The summed E-state index contributed by atoms with van der Waals surface area (Å²) in [6, 6.07) is 20.0. The molecule has 0 radical (unpaired) electrons. The van der Waals surface area contributed by atoms with Crippen LogP contribution in [0.5, 0.6) is 0 Å². The lowest BCUT2D eigenvalue weighted by Gasteiger charge is -2.45. The molecule has 3 N–H and O–H groups in total. The summed E-state index contributed by atoms with van der Waals surface area (Å²) in [5.41, 5.74) is 8.25. The van der Waals surface area contributed by atoms with E-state index in [1.54, 1.807) is 16.7 Å². The molecule has 1 heterocycles. The van der Waals surface area contributed by atoms with Gasteiger partial charge in [0.2, 0.25) is 0 Å². The minimum atomic E-state index is -2.81. The molecule has 11 rings (SSSR count). The van der Waals surface area contributed by atoms with E-state index in [-0.39, 0.29) is 33.3 Å². The molecule has 0 spiro atoms. The first-order chi connectivity index (χ1) is 45.5. The van der Waals surface area contributed by atoms with Crippen LogP contribution in [0, 0.1) is 33.5 Å². The third kappa shape index (κ3) is 21.3. The Bertz CT molecular complexity index is 3050. The summed E-state index contributed by atoms with van der Waals surface area (Å²) in [5, 5.41) is 32.2. The number of fused-ring (bicyclic) bond motifs is 2.